The highest BCUT2D eigenvalue weighted by Gasteiger charge is 2.25. The lowest BCUT2D eigenvalue weighted by atomic mass is 10.2. The van der Waals surface area contributed by atoms with Gasteiger partial charge in [0.15, 0.2) is 0 Å². The lowest BCUT2D eigenvalue weighted by Crippen LogP contribution is -2.30. The molecule has 98 valence electrons. The van der Waals surface area contributed by atoms with Crippen LogP contribution < -0.4 is 16.0 Å². The van der Waals surface area contributed by atoms with Crippen molar-refractivity contribution in [3.8, 4) is 0 Å². The van der Waals surface area contributed by atoms with Crippen molar-refractivity contribution in [3.05, 3.63) is 24.0 Å². The Balaban J connectivity index is 2.22. The molecule has 4 nitrogen and oxygen atoms in total. The highest BCUT2D eigenvalue weighted by molar-refractivity contribution is 5.88. The minimum atomic E-state index is -0.352. The molecular formula is C13H18FN3O. The SMILES string of the molecule is CC(C)Nc1cccc(F)c1NC1CCNC1=O. The average molecular weight is 251 g/mol. The summed E-state index contributed by atoms with van der Waals surface area (Å²) in [5.41, 5.74) is 1.05. The summed E-state index contributed by atoms with van der Waals surface area (Å²) >= 11 is 0. The van der Waals surface area contributed by atoms with Gasteiger partial charge in [0, 0.05) is 12.6 Å². The molecule has 2 rings (SSSR count). The zero-order chi connectivity index (χ0) is 13.1. The Labute approximate surface area is 106 Å². The number of carbonyl (C=O) groups is 1. The number of benzene rings is 1. The summed E-state index contributed by atoms with van der Waals surface area (Å²) in [6.45, 7) is 4.60. The van der Waals surface area contributed by atoms with Gasteiger partial charge in [0.2, 0.25) is 5.91 Å². The number of para-hydroxylation sites is 1. The van der Waals surface area contributed by atoms with E-state index in [1.54, 1.807) is 12.1 Å². The molecule has 5 heteroatoms. The van der Waals surface area contributed by atoms with Crippen LogP contribution in [0.1, 0.15) is 20.3 Å². The predicted molar refractivity (Wildman–Crippen MR) is 70.2 cm³/mol. The van der Waals surface area contributed by atoms with E-state index in [0.717, 1.165) is 0 Å². The number of hydrogen-bond acceptors (Lipinski definition) is 3. The van der Waals surface area contributed by atoms with Crippen LogP contribution in [0.4, 0.5) is 15.8 Å². The van der Waals surface area contributed by atoms with E-state index < -0.39 is 0 Å². The molecule has 3 N–H and O–H groups in total. The van der Waals surface area contributed by atoms with Gasteiger partial charge in [-0.3, -0.25) is 4.79 Å². The number of halogens is 1. The molecule has 0 aliphatic carbocycles. The third kappa shape index (κ3) is 2.72. The number of carbonyl (C=O) groups excluding carboxylic acids is 1. The van der Waals surface area contributed by atoms with E-state index in [-0.39, 0.29) is 23.8 Å². The van der Waals surface area contributed by atoms with Gasteiger partial charge in [-0.05, 0) is 32.4 Å². The smallest absolute Gasteiger partial charge is 0.242 e. The summed E-state index contributed by atoms with van der Waals surface area (Å²) in [6.07, 6.45) is 0.675. The first kappa shape index (κ1) is 12.7. The second-order valence-corrected chi connectivity index (χ2v) is 4.74. The van der Waals surface area contributed by atoms with Gasteiger partial charge in [-0.1, -0.05) is 6.07 Å². The molecule has 1 saturated heterocycles. The fourth-order valence-electron chi connectivity index (χ4n) is 2.01. The lowest BCUT2D eigenvalue weighted by molar-refractivity contribution is -0.119. The van der Waals surface area contributed by atoms with E-state index >= 15 is 0 Å². The monoisotopic (exact) mass is 251 g/mol. The maximum absolute atomic E-state index is 13.8. The van der Waals surface area contributed by atoms with Gasteiger partial charge in [0.25, 0.3) is 0 Å². The number of anilines is 2. The quantitative estimate of drug-likeness (QED) is 0.766. The van der Waals surface area contributed by atoms with Crippen molar-refractivity contribution < 1.29 is 9.18 Å². The van der Waals surface area contributed by atoms with E-state index in [1.165, 1.54) is 6.07 Å². The molecule has 1 aliphatic heterocycles. The van der Waals surface area contributed by atoms with Crippen molar-refractivity contribution in [2.24, 2.45) is 0 Å². The highest BCUT2D eigenvalue weighted by atomic mass is 19.1. The molecule has 1 unspecified atom stereocenters. The Hall–Kier alpha value is -1.78. The van der Waals surface area contributed by atoms with E-state index in [2.05, 4.69) is 16.0 Å². The Morgan fingerprint density at radius 3 is 2.83 bits per heavy atom. The summed E-state index contributed by atoms with van der Waals surface area (Å²) in [4.78, 5) is 11.5. The van der Waals surface area contributed by atoms with Crippen molar-refractivity contribution in [1.82, 2.24) is 5.32 Å². The van der Waals surface area contributed by atoms with E-state index in [0.29, 0.717) is 24.3 Å². The maximum Gasteiger partial charge on any atom is 0.242 e. The van der Waals surface area contributed by atoms with E-state index in [1.807, 2.05) is 13.8 Å². The number of nitrogens with one attached hydrogen (secondary N) is 3. The molecule has 1 aromatic carbocycles. The van der Waals surface area contributed by atoms with Crippen LogP contribution >= 0.6 is 0 Å². The second kappa shape index (κ2) is 5.25. The largest absolute Gasteiger partial charge is 0.381 e. The molecule has 1 amide bonds. The molecule has 1 atom stereocenters. The first-order chi connectivity index (χ1) is 8.58. The third-order valence-corrected chi connectivity index (χ3v) is 2.83. The highest BCUT2D eigenvalue weighted by Crippen LogP contribution is 2.27. The van der Waals surface area contributed by atoms with Crippen LogP contribution in [0.5, 0.6) is 0 Å². The zero-order valence-electron chi connectivity index (χ0n) is 10.6. The van der Waals surface area contributed by atoms with Crippen molar-refractivity contribution >= 4 is 17.3 Å². The number of amides is 1. The van der Waals surface area contributed by atoms with E-state index in [9.17, 15) is 9.18 Å². The minimum Gasteiger partial charge on any atom is -0.381 e. The fourth-order valence-corrected chi connectivity index (χ4v) is 2.01. The van der Waals surface area contributed by atoms with Crippen LogP contribution in [0.2, 0.25) is 0 Å². The number of hydrogen-bond donors (Lipinski definition) is 3. The predicted octanol–water partition coefficient (Wildman–Crippen LogP) is 1.95. The van der Waals surface area contributed by atoms with Gasteiger partial charge < -0.3 is 16.0 Å². The molecule has 1 aromatic rings. The summed E-state index contributed by atoms with van der Waals surface area (Å²) in [6, 6.07) is 4.69. The fraction of sp³-hybridized carbons (Fsp3) is 0.462. The third-order valence-electron chi connectivity index (χ3n) is 2.83. The van der Waals surface area contributed by atoms with E-state index in [4.69, 9.17) is 0 Å². The van der Waals surface area contributed by atoms with Crippen molar-refractivity contribution in [3.63, 3.8) is 0 Å². The van der Waals surface area contributed by atoms with Crippen molar-refractivity contribution in [1.29, 1.82) is 0 Å². The van der Waals surface area contributed by atoms with Gasteiger partial charge in [-0.2, -0.15) is 0 Å². The van der Waals surface area contributed by atoms with Crippen LogP contribution in [0.15, 0.2) is 18.2 Å². The van der Waals surface area contributed by atoms with Gasteiger partial charge in [0.05, 0.1) is 11.4 Å². The van der Waals surface area contributed by atoms with Crippen molar-refractivity contribution in [2.75, 3.05) is 17.2 Å². The Kier molecular flexibility index (Phi) is 3.69. The molecule has 18 heavy (non-hydrogen) atoms. The first-order valence-electron chi connectivity index (χ1n) is 6.17. The van der Waals surface area contributed by atoms with Crippen LogP contribution in [-0.4, -0.2) is 24.5 Å². The molecule has 1 fully saturated rings. The molecule has 0 bridgehead atoms. The Morgan fingerprint density at radius 2 is 2.22 bits per heavy atom. The average Bonchev–Trinajstić information content (AvgIpc) is 2.68. The zero-order valence-corrected chi connectivity index (χ0v) is 10.6. The topological polar surface area (TPSA) is 53.2 Å². The summed E-state index contributed by atoms with van der Waals surface area (Å²) in [7, 11) is 0. The molecule has 0 aromatic heterocycles. The molecular weight excluding hydrogens is 233 g/mol. The normalized spacial score (nSPS) is 18.9. The Morgan fingerprint density at radius 1 is 1.44 bits per heavy atom. The summed E-state index contributed by atoms with van der Waals surface area (Å²) in [5.74, 6) is -0.422. The first-order valence-corrected chi connectivity index (χ1v) is 6.17. The van der Waals surface area contributed by atoms with Gasteiger partial charge in [-0.25, -0.2) is 4.39 Å². The summed E-state index contributed by atoms with van der Waals surface area (Å²) < 4.78 is 13.8. The molecule has 1 aliphatic rings. The summed E-state index contributed by atoms with van der Waals surface area (Å²) in [5, 5.41) is 8.88. The number of rotatable bonds is 4. The standard InChI is InChI=1S/C13H18FN3O/c1-8(2)16-10-5-3-4-9(14)12(10)17-11-6-7-15-13(11)18/h3-5,8,11,16-17H,6-7H2,1-2H3,(H,15,18). The molecule has 0 saturated carbocycles. The second-order valence-electron chi connectivity index (χ2n) is 4.74. The van der Waals surface area contributed by atoms with Gasteiger partial charge >= 0.3 is 0 Å². The van der Waals surface area contributed by atoms with Crippen LogP contribution in [0, 0.1) is 5.82 Å². The minimum absolute atomic E-state index is 0.0752. The van der Waals surface area contributed by atoms with Crippen LogP contribution in [0.25, 0.3) is 0 Å². The Bertz CT molecular complexity index is 448. The molecule has 1 heterocycles. The van der Waals surface area contributed by atoms with Crippen LogP contribution in [0.3, 0.4) is 0 Å². The molecule has 0 spiro atoms. The lowest BCUT2D eigenvalue weighted by Gasteiger charge is -2.19. The molecule has 0 radical (unpaired) electrons. The van der Waals surface area contributed by atoms with Gasteiger partial charge in [0.1, 0.15) is 11.9 Å². The maximum atomic E-state index is 13.8. The van der Waals surface area contributed by atoms with Gasteiger partial charge in [-0.15, -0.1) is 0 Å². The van der Waals surface area contributed by atoms with Crippen LogP contribution in [-0.2, 0) is 4.79 Å². The van der Waals surface area contributed by atoms with Crippen molar-refractivity contribution in [2.45, 2.75) is 32.4 Å².